The minimum atomic E-state index is -0.996. The van der Waals surface area contributed by atoms with Crippen LogP contribution in [0.4, 0.5) is 14.5 Å². The molecule has 5 heteroatoms. The van der Waals surface area contributed by atoms with Crippen molar-refractivity contribution in [2.24, 2.45) is 11.7 Å². The van der Waals surface area contributed by atoms with Crippen molar-refractivity contribution in [1.82, 2.24) is 0 Å². The van der Waals surface area contributed by atoms with E-state index in [1.54, 1.807) is 0 Å². The van der Waals surface area contributed by atoms with Crippen molar-refractivity contribution in [3.63, 3.8) is 0 Å². The monoisotopic (exact) mass is 272 g/mol. The fourth-order valence-corrected chi connectivity index (χ4v) is 2.04. The Morgan fingerprint density at radius 2 is 1.89 bits per heavy atom. The molecule has 0 aliphatic carbocycles. The maximum atomic E-state index is 13.8. The fourth-order valence-electron chi connectivity index (χ4n) is 1.88. The van der Waals surface area contributed by atoms with E-state index in [-0.39, 0.29) is 22.3 Å². The average Bonchev–Trinajstić information content (AvgIpc) is 2.23. The smallest absolute Gasteiger partial charge is 0.182 e. The third-order valence-corrected chi connectivity index (χ3v) is 2.79. The number of halogens is 2. The molecular formula is C13H18F2N2S. The molecule has 1 atom stereocenters. The van der Waals surface area contributed by atoms with Gasteiger partial charge < -0.3 is 11.1 Å². The zero-order chi connectivity index (χ0) is 13.9. The van der Waals surface area contributed by atoms with Gasteiger partial charge in [-0.05, 0) is 31.4 Å². The molecule has 0 fully saturated rings. The van der Waals surface area contributed by atoms with Gasteiger partial charge in [-0.2, -0.15) is 0 Å². The first kappa shape index (κ1) is 14.8. The van der Waals surface area contributed by atoms with Gasteiger partial charge in [-0.25, -0.2) is 8.78 Å². The van der Waals surface area contributed by atoms with Crippen molar-refractivity contribution >= 4 is 22.9 Å². The first-order valence-electron chi connectivity index (χ1n) is 5.87. The summed E-state index contributed by atoms with van der Waals surface area (Å²) < 4.78 is 27.4. The lowest BCUT2D eigenvalue weighted by molar-refractivity contribution is 0.502. The fraction of sp³-hybridized carbons (Fsp3) is 0.462. The number of nitrogens with one attached hydrogen (secondary N) is 1. The standard InChI is InChI=1S/C13H18F2N2S/c1-7(2)6-8(3)17-10-5-4-9(13(16)18)11(14)12(10)15/h4-5,7-8,17H,6H2,1-3H3,(H2,16,18). The number of rotatable bonds is 5. The van der Waals surface area contributed by atoms with Crippen LogP contribution in [-0.4, -0.2) is 11.0 Å². The number of hydrogen-bond donors (Lipinski definition) is 2. The van der Waals surface area contributed by atoms with Crippen LogP contribution in [0.2, 0.25) is 0 Å². The summed E-state index contributed by atoms with van der Waals surface area (Å²) in [4.78, 5) is -0.145. The first-order valence-corrected chi connectivity index (χ1v) is 6.28. The second kappa shape index (κ2) is 6.09. The van der Waals surface area contributed by atoms with Crippen LogP contribution in [-0.2, 0) is 0 Å². The van der Waals surface area contributed by atoms with Gasteiger partial charge >= 0.3 is 0 Å². The van der Waals surface area contributed by atoms with Gasteiger partial charge in [-0.3, -0.25) is 0 Å². The minimum Gasteiger partial charge on any atom is -0.389 e. The Morgan fingerprint density at radius 3 is 2.39 bits per heavy atom. The van der Waals surface area contributed by atoms with Crippen LogP contribution in [0.25, 0.3) is 0 Å². The molecular weight excluding hydrogens is 254 g/mol. The highest BCUT2D eigenvalue weighted by Crippen LogP contribution is 2.22. The van der Waals surface area contributed by atoms with Crippen molar-refractivity contribution in [2.45, 2.75) is 33.2 Å². The molecule has 0 aliphatic heterocycles. The van der Waals surface area contributed by atoms with E-state index in [9.17, 15) is 8.78 Å². The number of anilines is 1. The molecule has 1 unspecified atom stereocenters. The summed E-state index contributed by atoms with van der Waals surface area (Å²) in [6, 6.07) is 2.92. The van der Waals surface area contributed by atoms with E-state index < -0.39 is 11.6 Å². The number of hydrogen-bond acceptors (Lipinski definition) is 2. The Bertz CT molecular complexity index is 447. The largest absolute Gasteiger partial charge is 0.389 e. The van der Waals surface area contributed by atoms with Crippen LogP contribution in [0.3, 0.4) is 0 Å². The van der Waals surface area contributed by atoms with Crippen LogP contribution < -0.4 is 11.1 Å². The van der Waals surface area contributed by atoms with Gasteiger partial charge in [0.05, 0.1) is 5.69 Å². The van der Waals surface area contributed by atoms with E-state index in [1.807, 2.05) is 6.92 Å². The molecule has 100 valence electrons. The molecule has 0 saturated heterocycles. The van der Waals surface area contributed by atoms with Crippen molar-refractivity contribution in [3.05, 3.63) is 29.3 Å². The highest BCUT2D eigenvalue weighted by Gasteiger charge is 2.16. The summed E-state index contributed by atoms with van der Waals surface area (Å²) in [5.41, 5.74) is 5.38. The van der Waals surface area contributed by atoms with Gasteiger partial charge in [0.1, 0.15) is 4.99 Å². The predicted octanol–water partition coefficient (Wildman–Crippen LogP) is 3.45. The zero-order valence-corrected chi connectivity index (χ0v) is 11.6. The number of benzene rings is 1. The second-order valence-electron chi connectivity index (χ2n) is 4.83. The molecule has 0 bridgehead atoms. The van der Waals surface area contributed by atoms with Crippen molar-refractivity contribution in [3.8, 4) is 0 Å². The van der Waals surface area contributed by atoms with Gasteiger partial charge in [0, 0.05) is 11.6 Å². The van der Waals surface area contributed by atoms with Crippen molar-refractivity contribution in [2.75, 3.05) is 5.32 Å². The second-order valence-corrected chi connectivity index (χ2v) is 5.27. The molecule has 1 rings (SSSR count). The molecule has 0 aromatic heterocycles. The molecule has 18 heavy (non-hydrogen) atoms. The summed E-state index contributed by atoms with van der Waals surface area (Å²) in [5, 5.41) is 2.95. The molecule has 2 nitrogen and oxygen atoms in total. The van der Waals surface area contributed by atoms with E-state index in [1.165, 1.54) is 12.1 Å². The number of nitrogens with two attached hydrogens (primary N) is 1. The summed E-state index contributed by atoms with van der Waals surface area (Å²) >= 11 is 4.65. The van der Waals surface area contributed by atoms with Gasteiger partial charge in [0.25, 0.3) is 0 Å². The van der Waals surface area contributed by atoms with Crippen LogP contribution in [0.5, 0.6) is 0 Å². The lowest BCUT2D eigenvalue weighted by atomic mass is 10.0. The number of thiocarbonyl (C=S) groups is 1. The summed E-state index contributed by atoms with van der Waals surface area (Å²) in [7, 11) is 0. The maximum Gasteiger partial charge on any atom is 0.182 e. The topological polar surface area (TPSA) is 38.0 Å². The Balaban J connectivity index is 2.92. The van der Waals surface area contributed by atoms with E-state index in [0.717, 1.165) is 6.42 Å². The molecule has 0 radical (unpaired) electrons. The molecule has 0 saturated carbocycles. The van der Waals surface area contributed by atoms with Crippen LogP contribution >= 0.6 is 12.2 Å². The van der Waals surface area contributed by atoms with Gasteiger partial charge in [-0.1, -0.05) is 26.1 Å². The Hall–Kier alpha value is -1.23. The minimum absolute atomic E-state index is 0.0644. The quantitative estimate of drug-likeness (QED) is 0.806. The lowest BCUT2D eigenvalue weighted by Gasteiger charge is -2.18. The Labute approximate surface area is 112 Å². The molecule has 1 aromatic carbocycles. The molecule has 3 N–H and O–H groups in total. The van der Waals surface area contributed by atoms with Crippen LogP contribution in [0.15, 0.2) is 12.1 Å². The summed E-state index contributed by atoms with van der Waals surface area (Å²) in [6.07, 6.45) is 0.873. The van der Waals surface area contributed by atoms with Gasteiger partial charge in [-0.15, -0.1) is 0 Å². The first-order chi connectivity index (χ1) is 8.32. The highest BCUT2D eigenvalue weighted by molar-refractivity contribution is 7.80. The third-order valence-electron chi connectivity index (χ3n) is 2.57. The molecule has 0 spiro atoms. The Morgan fingerprint density at radius 1 is 1.28 bits per heavy atom. The van der Waals surface area contributed by atoms with Crippen LogP contribution in [0.1, 0.15) is 32.8 Å². The normalized spacial score (nSPS) is 12.6. The van der Waals surface area contributed by atoms with E-state index in [0.29, 0.717) is 5.92 Å². The summed E-state index contributed by atoms with van der Waals surface area (Å²) in [6.45, 7) is 6.08. The van der Waals surface area contributed by atoms with Crippen molar-refractivity contribution in [1.29, 1.82) is 0 Å². The van der Waals surface area contributed by atoms with E-state index in [4.69, 9.17) is 5.73 Å². The SMILES string of the molecule is CC(C)CC(C)Nc1ccc(C(N)=S)c(F)c1F. The zero-order valence-electron chi connectivity index (χ0n) is 10.8. The molecule has 0 amide bonds. The van der Waals surface area contributed by atoms with E-state index in [2.05, 4.69) is 31.4 Å². The highest BCUT2D eigenvalue weighted by atomic mass is 32.1. The van der Waals surface area contributed by atoms with E-state index >= 15 is 0 Å². The molecule has 1 aromatic rings. The Kier molecular flexibility index (Phi) is 5.02. The lowest BCUT2D eigenvalue weighted by Crippen LogP contribution is -2.19. The van der Waals surface area contributed by atoms with Crippen LogP contribution in [0, 0.1) is 17.6 Å². The molecule has 0 aliphatic rings. The van der Waals surface area contributed by atoms with Crippen molar-refractivity contribution < 1.29 is 8.78 Å². The predicted molar refractivity (Wildman–Crippen MR) is 74.8 cm³/mol. The van der Waals surface area contributed by atoms with Gasteiger partial charge in [0.15, 0.2) is 11.6 Å². The maximum absolute atomic E-state index is 13.8. The molecule has 0 heterocycles. The van der Waals surface area contributed by atoms with Gasteiger partial charge in [0.2, 0.25) is 0 Å². The summed E-state index contributed by atoms with van der Waals surface area (Å²) in [5.74, 6) is -1.45. The average molecular weight is 272 g/mol. The third kappa shape index (κ3) is 3.63.